The number of nitrogens with zero attached hydrogens (tertiary/aromatic N) is 2. The molecule has 0 aliphatic carbocycles. The smallest absolute Gasteiger partial charge is 0.130 e. The van der Waals surface area contributed by atoms with E-state index >= 15 is 0 Å². The maximum Gasteiger partial charge on any atom is 0.130 e. The predicted octanol–water partition coefficient (Wildman–Crippen LogP) is 4.38. The lowest BCUT2D eigenvalue weighted by Gasteiger charge is -2.14. The largest absolute Gasteiger partial charge is 0.491 e. The number of ether oxygens (including phenoxy) is 1. The van der Waals surface area contributed by atoms with E-state index in [0.29, 0.717) is 12.4 Å². The fourth-order valence-electron chi connectivity index (χ4n) is 2.80. The zero-order valence-electron chi connectivity index (χ0n) is 15.9. The number of aliphatic hydroxyl groups excluding tert-OH is 1. The van der Waals surface area contributed by atoms with Crippen LogP contribution < -0.4 is 10.1 Å². The van der Waals surface area contributed by atoms with Gasteiger partial charge in [-0.2, -0.15) is 0 Å². The monoisotopic (exact) mass is 363 g/mol. The van der Waals surface area contributed by atoms with Gasteiger partial charge in [0, 0.05) is 18.2 Å². The van der Waals surface area contributed by atoms with Crippen LogP contribution in [0, 0.1) is 6.92 Å². The van der Waals surface area contributed by atoms with Crippen LogP contribution in [0.2, 0.25) is 0 Å². The highest BCUT2D eigenvalue weighted by Gasteiger charge is 2.09. The number of aryl methyl sites for hydroxylation is 1. The zero-order valence-corrected chi connectivity index (χ0v) is 15.9. The molecule has 0 fully saturated rings. The van der Waals surface area contributed by atoms with Crippen LogP contribution in [-0.2, 0) is 0 Å². The van der Waals surface area contributed by atoms with Crippen LogP contribution in [0.4, 0.5) is 5.82 Å². The summed E-state index contributed by atoms with van der Waals surface area (Å²) in [6, 6.07) is 17.5. The highest BCUT2D eigenvalue weighted by Crippen LogP contribution is 2.26. The van der Waals surface area contributed by atoms with Gasteiger partial charge in [0.2, 0.25) is 0 Å². The molecule has 0 saturated heterocycles. The molecule has 1 aromatic heterocycles. The lowest BCUT2D eigenvalue weighted by atomic mass is 10.1. The highest BCUT2D eigenvalue weighted by atomic mass is 16.5. The summed E-state index contributed by atoms with van der Waals surface area (Å²) in [5.41, 5.74) is 3.75. The topological polar surface area (TPSA) is 67.3 Å². The second kappa shape index (κ2) is 8.64. The summed E-state index contributed by atoms with van der Waals surface area (Å²) in [5.74, 6) is 1.56. The van der Waals surface area contributed by atoms with Crippen molar-refractivity contribution in [2.24, 2.45) is 0 Å². The Kier molecular flexibility index (Phi) is 6.04. The van der Waals surface area contributed by atoms with E-state index in [1.165, 1.54) is 6.33 Å². The molecule has 2 aromatic carbocycles. The summed E-state index contributed by atoms with van der Waals surface area (Å²) in [6.07, 6.45) is 1.07. The van der Waals surface area contributed by atoms with E-state index in [9.17, 15) is 5.11 Å². The maximum atomic E-state index is 10.3. The van der Waals surface area contributed by atoms with Gasteiger partial charge in [0.25, 0.3) is 0 Å². The SMILES string of the molecule is Cc1cc(-c2cc(NCC(O)c3ccccc3)ncn2)ccc1OC(C)C. The third-order valence-corrected chi connectivity index (χ3v) is 4.16. The quantitative estimate of drug-likeness (QED) is 0.652. The van der Waals surface area contributed by atoms with Crippen molar-refractivity contribution < 1.29 is 9.84 Å². The van der Waals surface area contributed by atoms with Gasteiger partial charge in [0.15, 0.2) is 0 Å². The lowest BCUT2D eigenvalue weighted by molar-refractivity contribution is 0.191. The number of benzene rings is 2. The zero-order chi connectivity index (χ0) is 19.2. The van der Waals surface area contributed by atoms with E-state index in [-0.39, 0.29) is 6.10 Å². The van der Waals surface area contributed by atoms with E-state index in [4.69, 9.17) is 4.74 Å². The first kappa shape index (κ1) is 18.9. The van der Waals surface area contributed by atoms with E-state index in [1.807, 2.05) is 69.3 Å². The Hall–Kier alpha value is -2.92. The molecule has 0 bridgehead atoms. The van der Waals surface area contributed by atoms with Crippen molar-refractivity contribution in [2.45, 2.75) is 33.0 Å². The Bertz CT molecular complexity index is 882. The number of hydrogen-bond acceptors (Lipinski definition) is 5. The number of hydrogen-bond donors (Lipinski definition) is 2. The van der Waals surface area contributed by atoms with Crippen LogP contribution in [-0.4, -0.2) is 27.7 Å². The van der Waals surface area contributed by atoms with Crippen LogP contribution in [0.15, 0.2) is 60.9 Å². The molecule has 0 spiro atoms. The van der Waals surface area contributed by atoms with Crippen LogP contribution in [0.25, 0.3) is 11.3 Å². The minimum atomic E-state index is -0.598. The molecule has 140 valence electrons. The van der Waals surface area contributed by atoms with Crippen LogP contribution >= 0.6 is 0 Å². The molecule has 27 heavy (non-hydrogen) atoms. The number of rotatable bonds is 7. The Morgan fingerprint density at radius 2 is 1.81 bits per heavy atom. The van der Waals surface area contributed by atoms with Crippen molar-refractivity contribution in [3.63, 3.8) is 0 Å². The molecule has 1 atom stereocenters. The molecule has 3 rings (SSSR count). The molecule has 2 N–H and O–H groups in total. The fraction of sp³-hybridized carbons (Fsp3) is 0.273. The first-order valence-electron chi connectivity index (χ1n) is 9.09. The Balaban J connectivity index is 1.71. The van der Waals surface area contributed by atoms with Crippen LogP contribution in [0.5, 0.6) is 5.75 Å². The van der Waals surface area contributed by atoms with Crippen molar-refractivity contribution in [1.29, 1.82) is 0 Å². The number of anilines is 1. The molecule has 0 amide bonds. The van der Waals surface area contributed by atoms with Gasteiger partial charge in [0.1, 0.15) is 17.9 Å². The van der Waals surface area contributed by atoms with Gasteiger partial charge in [-0.15, -0.1) is 0 Å². The predicted molar refractivity (Wildman–Crippen MR) is 108 cm³/mol. The average Bonchev–Trinajstić information content (AvgIpc) is 2.68. The molecule has 0 aliphatic rings. The molecule has 5 nitrogen and oxygen atoms in total. The molecular formula is C22H25N3O2. The van der Waals surface area contributed by atoms with Gasteiger partial charge >= 0.3 is 0 Å². The van der Waals surface area contributed by atoms with Crippen molar-refractivity contribution in [3.05, 3.63) is 72.1 Å². The van der Waals surface area contributed by atoms with E-state index in [2.05, 4.69) is 21.4 Å². The lowest BCUT2D eigenvalue weighted by Crippen LogP contribution is -2.13. The van der Waals surface area contributed by atoms with Crippen molar-refractivity contribution >= 4 is 5.82 Å². The first-order valence-corrected chi connectivity index (χ1v) is 9.09. The number of aromatic nitrogens is 2. The van der Waals surface area contributed by atoms with E-state index < -0.39 is 6.10 Å². The molecule has 0 saturated carbocycles. The summed E-state index contributed by atoms with van der Waals surface area (Å²) in [5, 5.41) is 13.5. The normalized spacial score (nSPS) is 12.0. The summed E-state index contributed by atoms with van der Waals surface area (Å²) >= 11 is 0. The Labute approximate surface area is 160 Å². The molecule has 0 radical (unpaired) electrons. The van der Waals surface area contributed by atoms with Crippen molar-refractivity contribution in [1.82, 2.24) is 9.97 Å². The summed E-state index contributed by atoms with van der Waals surface area (Å²) in [6.45, 7) is 6.43. The number of aliphatic hydroxyl groups is 1. The molecule has 1 heterocycles. The van der Waals surface area contributed by atoms with Crippen molar-refractivity contribution in [3.8, 4) is 17.0 Å². The maximum absolute atomic E-state index is 10.3. The molecule has 5 heteroatoms. The van der Waals surface area contributed by atoms with Gasteiger partial charge in [-0.05, 0) is 50.1 Å². The molecule has 3 aromatic rings. The molecular weight excluding hydrogens is 338 g/mol. The van der Waals surface area contributed by atoms with Crippen LogP contribution in [0.1, 0.15) is 31.1 Å². The standard InChI is InChI=1S/C22H25N3O2/c1-15(2)27-21-10-9-18(11-16(21)3)19-12-22(25-14-24-19)23-13-20(26)17-7-5-4-6-8-17/h4-12,14-15,20,26H,13H2,1-3H3,(H,23,24,25). The first-order chi connectivity index (χ1) is 13.0. The van der Waals surface area contributed by atoms with Crippen molar-refractivity contribution in [2.75, 3.05) is 11.9 Å². The third-order valence-electron chi connectivity index (χ3n) is 4.16. The van der Waals surface area contributed by atoms with E-state index in [0.717, 1.165) is 28.1 Å². The minimum absolute atomic E-state index is 0.139. The fourth-order valence-corrected chi connectivity index (χ4v) is 2.80. The molecule has 1 unspecified atom stereocenters. The van der Waals surface area contributed by atoms with Gasteiger partial charge in [-0.3, -0.25) is 0 Å². The summed E-state index contributed by atoms with van der Waals surface area (Å²) < 4.78 is 5.79. The van der Waals surface area contributed by atoms with Gasteiger partial charge in [-0.25, -0.2) is 9.97 Å². The Morgan fingerprint density at radius 1 is 1.04 bits per heavy atom. The Morgan fingerprint density at radius 3 is 2.52 bits per heavy atom. The van der Waals surface area contributed by atoms with Crippen LogP contribution in [0.3, 0.4) is 0 Å². The second-order valence-corrected chi connectivity index (χ2v) is 6.74. The second-order valence-electron chi connectivity index (χ2n) is 6.74. The highest BCUT2D eigenvalue weighted by molar-refractivity contribution is 5.64. The van der Waals surface area contributed by atoms with Gasteiger partial charge in [0.05, 0.1) is 17.9 Å². The minimum Gasteiger partial charge on any atom is -0.491 e. The summed E-state index contributed by atoms with van der Waals surface area (Å²) in [7, 11) is 0. The van der Waals surface area contributed by atoms with Gasteiger partial charge in [-0.1, -0.05) is 30.3 Å². The van der Waals surface area contributed by atoms with Gasteiger partial charge < -0.3 is 15.2 Å². The average molecular weight is 363 g/mol. The third kappa shape index (κ3) is 5.05. The van der Waals surface area contributed by atoms with E-state index in [1.54, 1.807) is 0 Å². The molecule has 0 aliphatic heterocycles. The number of nitrogens with one attached hydrogen (secondary N) is 1. The summed E-state index contributed by atoms with van der Waals surface area (Å²) in [4.78, 5) is 8.62.